The van der Waals surface area contributed by atoms with E-state index in [2.05, 4.69) is 10.2 Å². The Morgan fingerprint density at radius 3 is 2.81 bits per heavy atom. The first-order valence-electron chi connectivity index (χ1n) is 9.08. The van der Waals surface area contributed by atoms with E-state index in [1.54, 1.807) is 18.1 Å². The molecule has 0 radical (unpaired) electrons. The first kappa shape index (κ1) is 20.4. The number of nitrogens with zero attached hydrogens (tertiary/aromatic N) is 2. The lowest BCUT2D eigenvalue weighted by molar-refractivity contribution is -0.121. The average molecular weight is 367 g/mol. The third-order valence-electron chi connectivity index (χ3n) is 4.31. The van der Waals surface area contributed by atoms with E-state index in [1.807, 2.05) is 0 Å². The van der Waals surface area contributed by atoms with Crippen LogP contribution in [0.2, 0.25) is 0 Å². The Hall–Kier alpha value is -1.90. The highest BCUT2D eigenvalue weighted by Crippen LogP contribution is 2.06. The minimum Gasteiger partial charge on any atom is -0.472 e. The standard InChI is InChI=1S/C18H29N3O5/c1-24-12-10-21(18(23)16-4-11-26-15-16)7-3-17(22)19-5-2-6-20-8-13-25-14-9-20/h4,11,15H,2-3,5-10,12-14H2,1H3,(H,19,22). The molecule has 0 aromatic carbocycles. The largest absolute Gasteiger partial charge is 0.472 e. The summed E-state index contributed by atoms with van der Waals surface area (Å²) in [6.07, 6.45) is 4.05. The quantitative estimate of drug-likeness (QED) is 0.577. The summed E-state index contributed by atoms with van der Waals surface area (Å²) in [6, 6.07) is 1.62. The Morgan fingerprint density at radius 2 is 2.12 bits per heavy atom. The molecule has 2 amide bonds. The van der Waals surface area contributed by atoms with E-state index in [1.165, 1.54) is 12.5 Å². The lowest BCUT2D eigenvalue weighted by Gasteiger charge is -2.26. The molecule has 0 unspecified atom stereocenters. The van der Waals surface area contributed by atoms with Gasteiger partial charge in [0, 0.05) is 46.3 Å². The molecule has 1 aliphatic heterocycles. The van der Waals surface area contributed by atoms with Gasteiger partial charge in [-0.15, -0.1) is 0 Å². The monoisotopic (exact) mass is 367 g/mol. The summed E-state index contributed by atoms with van der Waals surface area (Å²) in [5, 5.41) is 2.92. The van der Waals surface area contributed by atoms with Gasteiger partial charge in [-0.2, -0.15) is 0 Å². The first-order chi connectivity index (χ1) is 12.7. The molecular weight excluding hydrogens is 338 g/mol. The Morgan fingerprint density at radius 1 is 1.31 bits per heavy atom. The van der Waals surface area contributed by atoms with Gasteiger partial charge in [-0.3, -0.25) is 14.5 Å². The number of morpholine rings is 1. The van der Waals surface area contributed by atoms with E-state index in [4.69, 9.17) is 13.9 Å². The van der Waals surface area contributed by atoms with E-state index in [0.29, 0.717) is 31.8 Å². The highest BCUT2D eigenvalue weighted by molar-refractivity contribution is 5.94. The van der Waals surface area contributed by atoms with Crippen LogP contribution in [0.5, 0.6) is 0 Å². The number of amides is 2. The number of methoxy groups -OCH3 is 1. The lowest BCUT2D eigenvalue weighted by Crippen LogP contribution is -2.39. The molecule has 1 N–H and O–H groups in total. The van der Waals surface area contributed by atoms with Crippen LogP contribution in [-0.2, 0) is 14.3 Å². The van der Waals surface area contributed by atoms with Crippen molar-refractivity contribution in [2.24, 2.45) is 0 Å². The summed E-state index contributed by atoms with van der Waals surface area (Å²) in [5.41, 5.74) is 0.479. The molecule has 2 heterocycles. The Labute approximate surface area is 154 Å². The predicted molar refractivity (Wildman–Crippen MR) is 96.0 cm³/mol. The molecule has 0 aliphatic carbocycles. The zero-order valence-electron chi connectivity index (χ0n) is 15.4. The number of ether oxygens (including phenoxy) is 2. The molecule has 8 nitrogen and oxygen atoms in total. The van der Waals surface area contributed by atoms with Crippen LogP contribution in [0.1, 0.15) is 23.2 Å². The smallest absolute Gasteiger partial charge is 0.257 e. The predicted octanol–water partition coefficient (Wildman–Crippen LogP) is 0.597. The average Bonchev–Trinajstić information content (AvgIpc) is 3.20. The van der Waals surface area contributed by atoms with Crippen LogP contribution < -0.4 is 5.32 Å². The van der Waals surface area contributed by atoms with Crippen LogP contribution in [0, 0.1) is 0 Å². The summed E-state index contributed by atoms with van der Waals surface area (Å²) >= 11 is 0. The van der Waals surface area contributed by atoms with Gasteiger partial charge in [-0.25, -0.2) is 0 Å². The molecule has 146 valence electrons. The second kappa shape index (κ2) is 11.7. The molecule has 0 saturated carbocycles. The molecule has 1 fully saturated rings. The van der Waals surface area contributed by atoms with Crippen molar-refractivity contribution in [2.75, 3.05) is 66.2 Å². The van der Waals surface area contributed by atoms with Gasteiger partial charge in [0.25, 0.3) is 5.91 Å². The molecule has 0 atom stereocenters. The van der Waals surface area contributed by atoms with Gasteiger partial charge >= 0.3 is 0 Å². The second-order valence-corrected chi connectivity index (χ2v) is 6.20. The summed E-state index contributed by atoms with van der Waals surface area (Å²) in [6.45, 7) is 6.30. The second-order valence-electron chi connectivity index (χ2n) is 6.20. The van der Waals surface area contributed by atoms with Gasteiger partial charge in [0.15, 0.2) is 0 Å². The van der Waals surface area contributed by atoms with Crippen LogP contribution in [0.4, 0.5) is 0 Å². The third-order valence-corrected chi connectivity index (χ3v) is 4.31. The van der Waals surface area contributed by atoms with Gasteiger partial charge in [0.2, 0.25) is 5.91 Å². The lowest BCUT2D eigenvalue weighted by atomic mass is 10.2. The van der Waals surface area contributed by atoms with E-state index >= 15 is 0 Å². The van der Waals surface area contributed by atoms with E-state index in [9.17, 15) is 9.59 Å². The Kier molecular flexibility index (Phi) is 9.16. The third kappa shape index (κ3) is 7.15. The number of hydrogen-bond donors (Lipinski definition) is 1. The van der Waals surface area contributed by atoms with E-state index < -0.39 is 0 Å². The molecule has 0 bridgehead atoms. The molecule has 0 spiro atoms. The van der Waals surface area contributed by atoms with Crippen LogP contribution in [0.15, 0.2) is 23.0 Å². The molecular formula is C18H29N3O5. The van der Waals surface area contributed by atoms with Crippen molar-refractivity contribution in [3.8, 4) is 0 Å². The first-order valence-corrected chi connectivity index (χ1v) is 9.08. The maximum Gasteiger partial charge on any atom is 0.257 e. The van der Waals surface area contributed by atoms with Gasteiger partial charge in [0.1, 0.15) is 6.26 Å². The van der Waals surface area contributed by atoms with Gasteiger partial charge in [-0.05, 0) is 19.0 Å². The van der Waals surface area contributed by atoms with Crippen molar-refractivity contribution in [2.45, 2.75) is 12.8 Å². The fraction of sp³-hybridized carbons (Fsp3) is 0.667. The van der Waals surface area contributed by atoms with Crippen LogP contribution in [0.3, 0.4) is 0 Å². The minimum absolute atomic E-state index is 0.0469. The van der Waals surface area contributed by atoms with Gasteiger partial charge < -0.3 is 24.1 Å². The van der Waals surface area contributed by atoms with Crippen molar-refractivity contribution in [1.82, 2.24) is 15.1 Å². The van der Waals surface area contributed by atoms with Crippen molar-refractivity contribution < 1.29 is 23.5 Å². The summed E-state index contributed by atoms with van der Waals surface area (Å²) in [4.78, 5) is 28.4. The topological polar surface area (TPSA) is 84.3 Å². The summed E-state index contributed by atoms with van der Waals surface area (Å²) in [7, 11) is 1.58. The SMILES string of the molecule is COCCN(CCC(=O)NCCCN1CCOCC1)C(=O)c1ccoc1. The van der Waals surface area contributed by atoms with Crippen LogP contribution in [0.25, 0.3) is 0 Å². The molecule has 8 heteroatoms. The van der Waals surface area contributed by atoms with Crippen molar-refractivity contribution >= 4 is 11.8 Å². The molecule has 26 heavy (non-hydrogen) atoms. The molecule has 1 aliphatic rings. The molecule has 1 saturated heterocycles. The number of rotatable bonds is 11. The number of furan rings is 1. The summed E-state index contributed by atoms with van der Waals surface area (Å²) in [5.74, 6) is -0.203. The molecule has 2 rings (SSSR count). The zero-order valence-corrected chi connectivity index (χ0v) is 15.4. The zero-order chi connectivity index (χ0) is 18.6. The van der Waals surface area contributed by atoms with Crippen molar-refractivity contribution in [1.29, 1.82) is 0 Å². The minimum atomic E-state index is -0.157. The number of carbonyl (C=O) groups is 2. The van der Waals surface area contributed by atoms with Crippen LogP contribution in [-0.4, -0.2) is 87.8 Å². The Bertz CT molecular complexity index is 529. The van der Waals surface area contributed by atoms with Crippen molar-refractivity contribution in [3.05, 3.63) is 24.2 Å². The van der Waals surface area contributed by atoms with E-state index in [0.717, 1.165) is 39.3 Å². The normalized spacial score (nSPS) is 15.0. The van der Waals surface area contributed by atoms with Crippen molar-refractivity contribution in [3.63, 3.8) is 0 Å². The van der Waals surface area contributed by atoms with Crippen LogP contribution >= 0.6 is 0 Å². The fourth-order valence-corrected chi connectivity index (χ4v) is 2.77. The number of carbonyl (C=O) groups excluding carboxylic acids is 2. The van der Waals surface area contributed by atoms with Gasteiger partial charge in [0.05, 0.1) is 31.6 Å². The maximum absolute atomic E-state index is 12.4. The molecule has 1 aromatic rings. The number of nitrogens with one attached hydrogen (secondary N) is 1. The fourth-order valence-electron chi connectivity index (χ4n) is 2.77. The molecule has 1 aromatic heterocycles. The van der Waals surface area contributed by atoms with E-state index in [-0.39, 0.29) is 18.2 Å². The maximum atomic E-state index is 12.4. The highest BCUT2D eigenvalue weighted by Gasteiger charge is 2.17. The van der Waals surface area contributed by atoms with Gasteiger partial charge in [-0.1, -0.05) is 0 Å². The summed E-state index contributed by atoms with van der Waals surface area (Å²) < 4.78 is 15.3. The Balaban J connectivity index is 1.66. The number of hydrogen-bond acceptors (Lipinski definition) is 6. The highest BCUT2D eigenvalue weighted by atomic mass is 16.5.